The zero-order valence-corrected chi connectivity index (χ0v) is 44.9. The normalized spacial score (nSPS) is 15.9. The van der Waals surface area contributed by atoms with Crippen LogP contribution in [0.25, 0.3) is 0 Å². The van der Waals surface area contributed by atoms with Crippen molar-refractivity contribution >= 4 is 73.4 Å². The summed E-state index contributed by atoms with van der Waals surface area (Å²) in [6.07, 6.45) is 1.34. The number of nitrogens with two attached hydrogens (primary N) is 1. The second-order valence-corrected chi connectivity index (χ2v) is 53.8. The van der Waals surface area contributed by atoms with Crippen molar-refractivity contribution in [2.45, 2.75) is 168 Å². The molecule has 0 fully saturated rings. The van der Waals surface area contributed by atoms with E-state index < -0.39 is 85.6 Å². The van der Waals surface area contributed by atoms with Crippen molar-refractivity contribution in [2.24, 2.45) is 5.73 Å². The molecule has 0 aliphatic heterocycles. The summed E-state index contributed by atoms with van der Waals surface area (Å²) in [6, 6.07) is 1.29. The molecule has 0 aromatic heterocycles. The Bertz CT molecular complexity index is 1030. The monoisotopic (exact) mass is 891 g/mol. The summed E-state index contributed by atoms with van der Waals surface area (Å²) in [5.74, 6) is -0.642. The second-order valence-electron chi connectivity index (χ2n) is 19.9. The average molecular weight is 893 g/mol. The van der Waals surface area contributed by atoms with Gasteiger partial charge in [0.25, 0.3) is 0 Å². The molecule has 316 valence electrons. The van der Waals surface area contributed by atoms with Crippen molar-refractivity contribution in [1.82, 2.24) is 0 Å². The largest absolute Gasteiger partial charge is 0.469 e. The van der Waals surface area contributed by atoms with E-state index in [-0.39, 0.29) is 31.6 Å². The molecule has 0 aliphatic carbocycles. The lowest BCUT2D eigenvalue weighted by Crippen LogP contribution is -2.60. The van der Waals surface area contributed by atoms with Crippen LogP contribution in [0, 0.1) is 0 Å². The van der Waals surface area contributed by atoms with Crippen LogP contribution in [0.5, 0.6) is 0 Å². The Balaban J connectivity index is 5.17. The van der Waals surface area contributed by atoms with E-state index in [0.717, 1.165) is 0 Å². The number of aliphatic hydroxyl groups excluding tert-OH is 2. The van der Waals surface area contributed by atoms with Crippen molar-refractivity contribution < 1.29 is 49.2 Å². The van der Waals surface area contributed by atoms with Crippen LogP contribution in [0.4, 0.5) is 0 Å². The quantitative estimate of drug-likeness (QED) is 0.0384. The molecule has 0 aromatic rings. The fourth-order valence-corrected chi connectivity index (χ4v) is 34.6. The third kappa shape index (κ3) is 29.4. The zero-order valence-electron chi connectivity index (χ0n) is 36.9. The van der Waals surface area contributed by atoms with E-state index >= 15 is 0 Å². The second kappa shape index (κ2) is 22.1. The predicted molar refractivity (Wildman–Crippen MR) is 237 cm³/mol. The van der Waals surface area contributed by atoms with Crippen molar-refractivity contribution in [3.63, 3.8) is 0 Å². The summed E-state index contributed by atoms with van der Waals surface area (Å²) >= 11 is 0. The maximum atomic E-state index is 12.2. The SMILES string of the molecule is C[Si](C)(C)O[Si](CCCOCC(O)CC=C(CC(O)COCCC[Si](O[Si](C)(C)C)(O[Si](C)(C)C)O[Si](C)(C)C)C(N)=O)(O[Si](C)(C)C)O[Si](C)(C)C. The number of hydrogen-bond acceptors (Lipinski definition) is 11. The molecule has 1 amide bonds. The minimum absolute atomic E-state index is 0.0236. The van der Waals surface area contributed by atoms with E-state index in [2.05, 4.69) is 118 Å². The molecule has 12 nitrogen and oxygen atoms in total. The van der Waals surface area contributed by atoms with Gasteiger partial charge in [0.1, 0.15) is 0 Å². The fraction of sp³-hybridized carbons (Fsp3) is 0.909. The van der Waals surface area contributed by atoms with Crippen molar-refractivity contribution in [2.75, 3.05) is 26.4 Å². The topological polar surface area (TPSA) is 157 Å². The van der Waals surface area contributed by atoms with Gasteiger partial charge in [-0.05, 0) is 137 Å². The highest BCUT2D eigenvalue weighted by atomic mass is 28.5. The van der Waals surface area contributed by atoms with E-state index in [9.17, 15) is 15.0 Å². The molecule has 0 radical (unpaired) electrons. The van der Waals surface area contributed by atoms with Gasteiger partial charge in [0, 0.05) is 37.3 Å². The Morgan fingerprint density at radius 1 is 0.528 bits per heavy atom. The molecule has 0 saturated heterocycles. The maximum absolute atomic E-state index is 12.2. The van der Waals surface area contributed by atoms with Gasteiger partial charge in [-0.15, -0.1) is 0 Å². The van der Waals surface area contributed by atoms with Crippen LogP contribution in [0.15, 0.2) is 11.6 Å². The Hall–Kier alpha value is 0.545. The lowest BCUT2D eigenvalue weighted by molar-refractivity contribution is -0.115. The van der Waals surface area contributed by atoms with Gasteiger partial charge in [-0.2, -0.15) is 0 Å². The first-order valence-corrected chi connectivity index (χ1v) is 43.6. The first kappa shape index (κ1) is 53.5. The molecule has 0 aliphatic rings. The molecule has 4 N–H and O–H groups in total. The van der Waals surface area contributed by atoms with Gasteiger partial charge >= 0.3 is 17.6 Å². The molecule has 0 heterocycles. The Morgan fingerprint density at radius 3 is 1.08 bits per heavy atom. The van der Waals surface area contributed by atoms with Crippen LogP contribution in [0.3, 0.4) is 0 Å². The molecular formula is C33H81NO11Si8. The molecule has 0 bridgehead atoms. The summed E-state index contributed by atoms with van der Waals surface area (Å²) in [5, 5.41) is 21.3. The number of aliphatic hydroxyl groups is 2. The maximum Gasteiger partial charge on any atom is 0.469 e. The number of ether oxygens (including phenoxy) is 2. The van der Waals surface area contributed by atoms with E-state index in [0.29, 0.717) is 38.1 Å². The van der Waals surface area contributed by atoms with Gasteiger partial charge in [0.2, 0.25) is 5.91 Å². The molecule has 0 aromatic carbocycles. The minimum atomic E-state index is -2.96. The van der Waals surface area contributed by atoms with Gasteiger partial charge in [-0.1, -0.05) is 6.08 Å². The van der Waals surface area contributed by atoms with E-state index in [4.69, 9.17) is 39.9 Å². The van der Waals surface area contributed by atoms with Crippen molar-refractivity contribution in [3.05, 3.63) is 11.6 Å². The van der Waals surface area contributed by atoms with Crippen LogP contribution >= 0.6 is 0 Å². The van der Waals surface area contributed by atoms with Crippen LogP contribution in [-0.4, -0.2) is 122 Å². The van der Waals surface area contributed by atoms with Gasteiger partial charge in [0.15, 0.2) is 49.9 Å². The van der Waals surface area contributed by atoms with E-state index in [1.807, 2.05) is 0 Å². The highest BCUT2D eigenvalue weighted by Gasteiger charge is 2.50. The van der Waals surface area contributed by atoms with Crippen LogP contribution < -0.4 is 5.73 Å². The van der Waals surface area contributed by atoms with Crippen LogP contribution in [0.2, 0.25) is 130 Å². The summed E-state index contributed by atoms with van der Waals surface area (Å²) in [4.78, 5) is 12.2. The number of amides is 1. The molecule has 20 heteroatoms. The smallest absolute Gasteiger partial charge is 0.417 e. The molecule has 53 heavy (non-hydrogen) atoms. The highest BCUT2D eigenvalue weighted by Crippen LogP contribution is 2.31. The highest BCUT2D eigenvalue weighted by molar-refractivity contribution is 6.91. The lowest BCUT2D eigenvalue weighted by atomic mass is 10.1. The Morgan fingerprint density at radius 2 is 0.811 bits per heavy atom. The number of primary amides is 1. The summed E-state index contributed by atoms with van der Waals surface area (Å²) in [6.45, 7) is 39.8. The predicted octanol–water partition coefficient (Wildman–Crippen LogP) is 7.70. The molecule has 2 unspecified atom stereocenters. The fourth-order valence-electron chi connectivity index (χ4n) is 5.39. The number of hydrogen-bond donors (Lipinski definition) is 3. The number of rotatable bonds is 29. The van der Waals surface area contributed by atoms with Crippen LogP contribution in [0.1, 0.15) is 25.7 Å². The molecule has 0 saturated carbocycles. The van der Waals surface area contributed by atoms with Gasteiger partial charge < -0.3 is 50.1 Å². The van der Waals surface area contributed by atoms with E-state index in [1.165, 1.54) is 0 Å². The molecular weight excluding hydrogens is 811 g/mol. The number of carbonyl (C=O) groups is 1. The first-order valence-electron chi connectivity index (χ1n) is 19.3. The standard InChI is InChI=1S/C33H81NO11Si8/c1-46(2,3)40-52(41-47(4,5)6,42-48(7,8)9)25-19-23-38-28-31(35)22-21-30(33(34)37)27-32(36)29-39-24-20-26-53(43-49(10,11)12,44-50(13,14)15)45-51(16,17)18/h21,31-32,35-36H,19-20,22-29H2,1-18H3,(H2,34,37). The number of carbonyl (C=O) groups excluding carboxylic acids is 1. The Labute approximate surface area is 332 Å². The van der Waals surface area contributed by atoms with Crippen LogP contribution in [-0.2, 0) is 39.0 Å². The minimum Gasteiger partial charge on any atom is -0.417 e. The summed E-state index contributed by atoms with van der Waals surface area (Å²) < 4.78 is 52.0. The van der Waals surface area contributed by atoms with Gasteiger partial charge in [-0.25, -0.2) is 0 Å². The Kier molecular flexibility index (Phi) is 22.3. The first-order chi connectivity index (χ1) is 23.5. The van der Waals surface area contributed by atoms with Gasteiger partial charge in [0.05, 0.1) is 25.4 Å². The lowest BCUT2D eigenvalue weighted by Gasteiger charge is -2.43. The molecule has 0 rings (SSSR count). The van der Waals surface area contributed by atoms with Gasteiger partial charge in [-0.3, -0.25) is 4.79 Å². The zero-order chi connectivity index (χ0) is 41.7. The van der Waals surface area contributed by atoms with Crippen molar-refractivity contribution in [3.8, 4) is 0 Å². The van der Waals surface area contributed by atoms with E-state index in [1.54, 1.807) is 6.08 Å². The summed E-state index contributed by atoms with van der Waals surface area (Å²) in [5.41, 5.74) is 5.88. The molecule has 2 atom stereocenters. The third-order valence-electron chi connectivity index (χ3n) is 6.34. The molecule has 0 spiro atoms. The average Bonchev–Trinajstić information content (AvgIpc) is 2.84. The van der Waals surface area contributed by atoms with Crippen molar-refractivity contribution in [1.29, 1.82) is 0 Å². The summed E-state index contributed by atoms with van der Waals surface area (Å²) in [7, 11) is -17.7. The third-order valence-corrected chi connectivity index (χ3v) is 30.4.